The van der Waals surface area contributed by atoms with Crippen molar-refractivity contribution in [2.24, 2.45) is 5.92 Å². The van der Waals surface area contributed by atoms with Crippen LogP contribution >= 0.6 is 0 Å². The highest BCUT2D eigenvalue weighted by Crippen LogP contribution is 2.37. The molecule has 292 valence electrons. The summed E-state index contributed by atoms with van der Waals surface area (Å²) in [5, 5.41) is 38.8. The summed E-state index contributed by atoms with van der Waals surface area (Å²) in [5.41, 5.74) is 4.02. The molecule has 1 saturated carbocycles. The minimum absolute atomic E-state index is 0.245. The van der Waals surface area contributed by atoms with Gasteiger partial charge in [0.05, 0.1) is 53.5 Å². The molecule has 1 unspecified atom stereocenters. The maximum Gasteiger partial charge on any atom is 0.328 e. The van der Waals surface area contributed by atoms with E-state index < -0.39 is 12.1 Å². The fraction of sp³-hybridized carbons (Fsp3) is 0.450. The van der Waals surface area contributed by atoms with E-state index in [9.17, 15) is 20.1 Å². The maximum atomic E-state index is 12.3. The molecule has 3 fully saturated rings. The van der Waals surface area contributed by atoms with Crippen LogP contribution in [0.25, 0.3) is 22.5 Å². The number of rotatable bonds is 11. The third-order valence-corrected chi connectivity index (χ3v) is 11.5. The van der Waals surface area contributed by atoms with Crippen molar-refractivity contribution < 1.29 is 9.59 Å². The van der Waals surface area contributed by atoms with Crippen molar-refractivity contribution in [2.75, 3.05) is 47.8 Å². The smallest absolute Gasteiger partial charge is 0.328 e. The quantitative estimate of drug-likeness (QED) is 0.187. The molecule has 2 N–H and O–H groups in total. The summed E-state index contributed by atoms with van der Waals surface area (Å²) in [7, 11) is 0. The number of piperazine rings is 1. The lowest BCUT2D eigenvalue weighted by molar-refractivity contribution is -0.120. The Morgan fingerprint density at radius 1 is 0.982 bits per heavy atom. The summed E-state index contributed by atoms with van der Waals surface area (Å²) < 4.78 is 3.34. The zero-order valence-corrected chi connectivity index (χ0v) is 32.1. The number of nitrogens with zero attached hydrogens (tertiary/aromatic N) is 13. The van der Waals surface area contributed by atoms with Gasteiger partial charge in [-0.1, -0.05) is 12.1 Å². The summed E-state index contributed by atoms with van der Waals surface area (Å²) in [6.45, 7) is 8.33. The molecule has 2 aliphatic heterocycles. The van der Waals surface area contributed by atoms with Gasteiger partial charge < -0.3 is 10.2 Å². The van der Waals surface area contributed by atoms with Crippen LogP contribution in [-0.2, 0) is 4.79 Å². The van der Waals surface area contributed by atoms with Crippen LogP contribution < -0.4 is 20.4 Å². The lowest BCUT2D eigenvalue weighted by atomic mass is 9.79. The molecule has 17 heteroatoms. The SMILES string of the molecule is CC[C@@H]1CN(CC[C@H]2CC[C@H](c3cn(-c4cnc(-n5ncc6cc(C#N)cnc65)cc4NC(C)C#N)nn3)CC2)CCN1c1ccc(N2CCC(=O)NC2=O)cn1. The van der Waals surface area contributed by atoms with Gasteiger partial charge in [0.1, 0.15) is 23.6 Å². The Morgan fingerprint density at radius 3 is 2.58 bits per heavy atom. The first-order valence-electron chi connectivity index (χ1n) is 19.7. The number of carbonyl (C=O) groups excluding carboxylic acids is 2. The van der Waals surface area contributed by atoms with Gasteiger partial charge in [0.2, 0.25) is 5.91 Å². The molecular formula is C40H45N15O2. The Bertz CT molecular complexity index is 2330. The van der Waals surface area contributed by atoms with Crippen LogP contribution in [0.2, 0.25) is 0 Å². The van der Waals surface area contributed by atoms with Gasteiger partial charge in [-0.2, -0.15) is 20.3 Å². The molecule has 17 nitrogen and oxygen atoms in total. The molecule has 2 saturated heterocycles. The van der Waals surface area contributed by atoms with Crippen molar-refractivity contribution in [1.29, 1.82) is 10.5 Å². The van der Waals surface area contributed by atoms with Crippen LogP contribution in [-0.4, -0.2) is 101 Å². The van der Waals surface area contributed by atoms with Crippen LogP contribution in [0, 0.1) is 28.6 Å². The van der Waals surface area contributed by atoms with Gasteiger partial charge >= 0.3 is 6.03 Å². The fourth-order valence-corrected chi connectivity index (χ4v) is 8.25. The van der Waals surface area contributed by atoms with E-state index in [1.807, 2.05) is 24.4 Å². The Balaban J connectivity index is 0.855. The Morgan fingerprint density at radius 2 is 1.82 bits per heavy atom. The number of aromatic nitrogens is 8. The number of imide groups is 1. The summed E-state index contributed by atoms with van der Waals surface area (Å²) in [4.78, 5) is 44.2. The zero-order chi connectivity index (χ0) is 39.5. The molecule has 5 aromatic heterocycles. The zero-order valence-electron chi connectivity index (χ0n) is 32.1. The van der Waals surface area contributed by atoms with E-state index in [1.165, 1.54) is 12.6 Å². The van der Waals surface area contributed by atoms with Gasteiger partial charge in [-0.3, -0.25) is 19.9 Å². The van der Waals surface area contributed by atoms with Crippen LogP contribution in [0.1, 0.15) is 76.0 Å². The number of hydrogen-bond donors (Lipinski definition) is 2. The molecule has 2 atom stereocenters. The molecule has 8 rings (SSSR count). The monoisotopic (exact) mass is 767 g/mol. The number of hydrogen-bond acceptors (Lipinski definition) is 13. The molecule has 0 aromatic carbocycles. The molecule has 0 bridgehead atoms. The van der Waals surface area contributed by atoms with E-state index in [4.69, 9.17) is 4.98 Å². The highest BCUT2D eigenvalue weighted by molar-refractivity contribution is 6.05. The van der Waals surface area contributed by atoms with E-state index in [0.29, 0.717) is 58.5 Å². The molecule has 7 heterocycles. The predicted octanol–water partition coefficient (Wildman–Crippen LogP) is 4.70. The highest BCUT2D eigenvalue weighted by Gasteiger charge is 2.30. The van der Waals surface area contributed by atoms with Crippen LogP contribution in [0.5, 0.6) is 0 Å². The van der Waals surface area contributed by atoms with Crippen molar-refractivity contribution in [3.8, 4) is 23.6 Å². The molecule has 0 spiro atoms. The summed E-state index contributed by atoms with van der Waals surface area (Å²) in [5.74, 6) is 2.19. The topological polar surface area (TPSA) is 203 Å². The number of nitriles is 2. The molecule has 5 aromatic rings. The fourth-order valence-electron chi connectivity index (χ4n) is 8.25. The summed E-state index contributed by atoms with van der Waals surface area (Å²) in [6, 6.07) is 11.3. The van der Waals surface area contributed by atoms with Gasteiger partial charge in [0.25, 0.3) is 0 Å². The number of carbonyl (C=O) groups is 2. The first-order chi connectivity index (χ1) is 27.8. The van der Waals surface area contributed by atoms with Crippen molar-refractivity contribution >= 4 is 40.2 Å². The van der Waals surface area contributed by atoms with Gasteiger partial charge in [-0.25, -0.2) is 24.4 Å². The molecule has 3 aliphatic rings. The van der Waals surface area contributed by atoms with Crippen molar-refractivity contribution in [1.82, 2.24) is 49.9 Å². The van der Waals surface area contributed by atoms with E-state index in [1.54, 1.807) is 45.8 Å². The first kappa shape index (κ1) is 37.5. The van der Waals surface area contributed by atoms with Crippen LogP contribution in [0.4, 0.5) is 22.0 Å². The van der Waals surface area contributed by atoms with Crippen molar-refractivity contribution in [3.05, 3.63) is 66.5 Å². The lowest BCUT2D eigenvalue weighted by Gasteiger charge is -2.42. The molecule has 0 radical (unpaired) electrons. The summed E-state index contributed by atoms with van der Waals surface area (Å²) >= 11 is 0. The Kier molecular flexibility index (Phi) is 10.7. The number of anilines is 3. The van der Waals surface area contributed by atoms with Gasteiger partial charge in [0.15, 0.2) is 11.5 Å². The Labute approximate surface area is 330 Å². The largest absolute Gasteiger partial charge is 0.368 e. The summed E-state index contributed by atoms with van der Waals surface area (Å²) in [6.07, 6.45) is 15.5. The van der Waals surface area contributed by atoms with Crippen LogP contribution in [0.15, 0.2) is 55.2 Å². The Hall–Kier alpha value is -6.46. The average molecular weight is 768 g/mol. The van der Waals surface area contributed by atoms with Gasteiger partial charge in [-0.15, -0.1) is 5.10 Å². The number of urea groups is 1. The highest BCUT2D eigenvalue weighted by atomic mass is 16.2. The molecular weight excluding hydrogens is 723 g/mol. The van der Waals surface area contributed by atoms with Crippen LogP contribution in [0.3, 0.4) is 0 Å². The first-order valence-corrected chi connectivity index (χ1v) is 19.7. The van der Waals surface area contributed by atoms with Gasteiger partial charge in [0, 0.05) is 62.2 Å². The average Bonchev–Trinajstić information content (AvgIpc) is 3.91. The third kappa shape index (κ3) is 7.97. The lowest BCUT2D eigenvalue weighted by Crippen LogP contribution is -2.53. The second-order valence-corrected chi connectivity index (χ2v) is 15.1. The normalized spacial score (nSPS) is 20.9. The standard InChI is InChI=1S/C40H45N15O2/c1-3-31-24-51(14-15-52(31)36-9-8-32(22-43-36)53-13-11-38(56)48-40(53)57)12-10-27-4-6-29(7-5-27)34-25-54(50-49-34)35-23-44-37(17-33(35)47-26(2)18-41)55-39-30(21-46-55)16-28(19-42)20-45-39/h8-9,16-17,20-23,25-27,29,31H,3-7,10-15,24H2,1-2H3,(H,44,47)(H,48,56,57)/t26?,27-,29-,31-/m1/s1. The second-order valence-electron chi connectivity index (χ2n) is 15.1. The van der Waals surface area contributed by atoms with Gasteiger partial charge in [-0.05, 0) is 76.1 Å². The van der Waals surface area contributed by atoms with E-state index in [2.05, 4.69) is 64.9 Å². The molecule has 1 aliphatic carbocycles. The molecule has 3 amide bonds. The minimum atomic E-state index is -0.471. The number of pyridine rings is 3. The van der Waals surface area contributed by atoms with E-state index in [0.717, 1.165) is 75.2 Å². The second kappa shape index (κ2) is 16.3. The van der Waals surface area contributed by atoms with Crippen molar-refractivity contribution in [3.63, 3.8) is 0 Å². The maximum absolute atomic E-state index is 12.3. The minimum Gasteiger partial charge on any atom is -0.368 e. The number of fused-ring (bicyclic) bond motifs is 1. The number of nitrogens with one attached hydrogen (secondary N) is 2. The third-order valence-electron chi connectivity index (χ3n) is 11.5. The van der Waals surface area contributed by atoms with Crippen molar-refractivity contribution in [2.45, 2.75) is 76.8 Å². The predicted molar refractivity (Wildman–Crippen MR) is 212 cm³/mol. The van der Waals surface area contributed by atoms with E-state index in [-0.39, 0.29) is 12.3 Å². The van der Waals surface area contributed by atoms with E-state index >= 15 is 0 Å². The molecule has 57 heavy (non-hydrogen) atoms. The number of amides is 3.